The molecule has 2 unspecified atom stereocenters. The number of amides is 1. The molecule has 0 aromatic carbocycles. The van der Waals surface area contributed by atoms with E-state index in [0.717, 1.165) is 0 Å². The molecule has 0 radical (unpaired) electrons. The summed E-state index contributed by atoms with van der Waals surface area (Å²) in [4.78, 5) is 49.0. The number of fused-ring (bicyclic) bond motifs is 1. The lowest BCUT2D eigenvalue weighted by Gasteiger charge is -2.40. The third kappa shape index (κ3) is 1.87. The van der Waals surface area contributed by atoms with Gasteiger partial charge in [0, 0.05) is 6.42 Å². The molecular formula is C14H17NO6. The molecule has 1 amide bonds. The van der Waals surface area contributed by atoms with Crippen molar-refractivity contribution in [1.29, 1.82) is 0 Å². The number of rotatable bonds is 4. The van der Waals surface area contributed by atoms with Crippen LogP contribution in [0.1, 0.15) is 26.7 Å². The highest BCUT2D eigenvalue weighted by atomic mass is 16.5. The zero-order chi connectivity index (χ0) is 15.7. The van der Waals surface area contributed by atoms with Crippen LogP contribution in [0.2, 0.25) is 0 Å². The van der Waals surface area contributed by atoms with Crippen LogP contribution in [-0.4, -0.2) is 42.4 Å². The molecule has 1 fully saturated rings. The number of hydrogen-bond donors (Lipinski definition) is 1. The molecule has 0 saturated carbocycles. The van der Waals surface area contributed by atoms with E-state index in [1.807, 2.05) is 0 Å². The Balaban J connectivity index is 2.59. The highest BCUT2D eigenvalue weighted by Crippen LogP contribution is 2.48. The minimum absolute atomic E-state index is 0.0160. The number of allylic oxidation sites excluding steroid dienone is 1. The standard InChI is InChI=1S/C14H17NO6/c1-3-20-11(18)13-7-5-6-8-14(13,12(19)21-4-2)15-10(17)9(13)16/h5-6H,3-4,7-8H2,1-2H3,(H,15,17). The van der Waals surface area contributed by atoms with E-state index in [1.54, 1.807) is 26.0 Å². The van der Waals surface area contributed by atoms with Crippen molar-refractivity contribution in [3.05, 3.63) is 12.2 Å². The summed E-state index contributed by atoms with van der Waals surface area (Å²) < 4.78 is 9.95. The predicted molar refractivity (Wildman–Crippen MR) is 70.0 cm³/mol. The van der Waals surface area contributed by atoms with Crippen LogP contribution in [0.3, 0.4) is 0 Å². The van der Waals surface area contributed by atoms with E-state index >= 15 is 0 Å². The summed E-state index contributed by atoms with van der Waals surface area (Å²) in [5.41, 5.74) is -3.58. The van der Waals surface area contributed by atoms with Crippen molar-refractivity contribution >= 4 is 23.6 Å². The van der Waals surface area contributed by atoms with Gasteiger partial charge in [-0.15, -0.1) is 0 Å². The van der Waals surface area contributed by atoms with E-state index in [1.165, 1.54) is 0 Å². The van der Waals surface area contributed by atoms with Crippen LogP contribution >= 0.6 is 0 Å². The lowest BCUT2D eigenvalue weighted by atomic mass is 9.63. The lowest BCUT2D eigenvalue weighted by Crippen LogP contribution is -2.64. The number of hydrogen-bond acceptors (Lipinski definition) is 6. The topological polar surface area (TPSA) is 98.8 Å². The highest BCUT2D eigenvalue weighted by molar-refractivity contribution is 6.46. The Kier molecular flexibility index (Phi) is 3.85. The van der Waals surface area contributed by atoms with Gasteiger partial charge in [0.05, 0.1) is 13.2 Å². The van der Waals surface area contributed by atoms with Gasteiger partial charge in [-0.05, 0) is 20.3 Å². The Bertz CT molecular complexity index is 540. The molecule has 1 aliphatic carbocycles. The van der Waals surface area contributed by atoms with Crippen LogP contribution in [0, 0.1) is 5.41 Å². The van der Waals surface area contributed by atoms with E-state index in [4.69, 9.17) is 9.47 Å². The van der Waals surface area contributed by atoms with Crippen LogP contribution in [-0.2, 0) is 28.7 Å². The van der Waals surface area contributed by atoms with Crippen molar-refractivity contribution in [1.82, 2.24) is 5.32 Å². The monoisotopic (exact) mass is 295 g/mol. The third-order valence-corrected chi connectivity index (χ3v) is 3.91. The molecule has 1 heterocycles. The molecule has 2 aliphatic rings. The van der Waals surface area contributed by atoms with Crippen molar-refractivity contribution < 1.29 is 28.7 Å². The zero-order valence-electron chi connectivity index (χ0n) is 11.9. The second-order valence-corrected chi connectivity index (χ2v) is 4.91. The molecule has 0 bridgehead atoms. The summed E-state index contributed by atoms with van der Waals surface area (Å²) in [5.74, 6) is -3.56. The smallest absolute Gasteiger partial charge is 0.333 e. The molecule has 0 aromatic rings. The Hall–Kier alpha value is -2.18. The lowest BCUT2D eigenvalue weighted by molar-refractivity contribution is -0.173. The number of carbonyl (C=O) groups is 4. The Labute approximate surface area is 121 Å². The quantitative estimate of drug-likeness (QED) is 0.336. The minimum Gasteiger partial charge on any atom is -0.465 e. The van der Waals surface area contributed by atoms with Crippen molar-refractivity contribution in [3.8, 4) is 0 Å². The molecule has 7 heteroatoms. The van der Waals surface area contributed by atoms with Gasteiger partial charge in [0.15, 0.2) is 11.0 Å². The summed E-state index contributed by atoms with van der Waals surface area (Å²) in [5, 5.41) is 2.37. The summed E-state index contributed by atoms with van der Waals surface area (Å²) in [6, 6.07) is 0. The first kappa shape index (κ1) is 15.2. The first-order valence-electron chi connectivity index (χ1n) is 6.82. The van der Waals surface area contributed by atoms with Gasteiger partial charge >= 0.3 is 11.9 Å². The molecule has 1 N–H and O–H groups in total. The van der Waals surface area contributed by atoms with Crippen LogP contribution in [0.5, 0.6) is 0 Å². The zero-order valence-corrected chi connectivity index (χ0v) is 11.9. The highest BCUT2D eigenvalue weighted by Gasteiger charge is 2.73. The molecule has 1 aliphatic heterocycles. The van der Waals surface area contributed by atoms with Crippen molar-refractivity contribution in [2.45, 2.75) is 32.2 Å². The maximum absolute atomic E-state index is 12.4. The number of Topliss-reactive ketones (excluding diaryl/α,β-unsaturated/α-hetero) is 1. The number of ketones is 1. The van der Waals surface area contributed by atoms with Gasteiger partial charge in [0.2, 0.25) is 5.78 Å². The van der Waals surface area contributed by atoms with Gasteiger partial charge in [0.1, 0.15) is 0 Å². The molecule has 2 rings (SSSR count). The van der Waals surface area contributed by atoms with Crippen LogP contribution < -0.4 is 5.32 Å². The van der Waals surface area contributed by atoms with Crippen molar-refractivity contribution in [3.63, 3.8) is 0 Å². The maximum Gasteiger partial charge on any atom is 0.333 e. The van der Waals surface area contributed by atoms with E-state index in [0.29, 0.717) is 0 Å². The van der Waals surface area contributed by atoms with Gasteiger partial charge in [-0.3, -0.25) is 14.4 Å². The average Bonchev–Trinajstić information content (AvgIpc) is 2.70. The van der Waals surface area contributed by atoms with Crippen LogP contribution in [0.15, 0.2) is 12.2 Å². The fraction of sp³-hybridized carbons (Fsp3) is 0.571. The van der Waals surface area contributed by atoms with Gasteiger partial charge in [-0.25, -0.2) is 4.79 Å². The molecule has 1 saturated heterocycles. The molecule has 2 atom stereocenters. The molecule has 7 nitrogen and oxygen atoms in total. The Morgan fingerprint density at radius 3 is 2.29 bits per heavy atom. The van der Waals surface area contributed by atoms with Gasteiger partial charge in [-0.2, -0.15) is 0 Å². The fourth-order valence-corrected chi connectivity index (χ4v) is 2.92. The Morgan fingerprint density at radius 2 is 1.67 bits per heavy atom. The fourth-order valence-electron chi connectivity index (χ4n) is 2.92. The summed E-state index contributed by atoms with van der Waals surface area (Å²) >= 11 is 0. The molecule has 0 spiro atoms. The Morgan fingerprint density at radius 1 is 1.10 bits per heavy atom. The minimum atomic E-state index is -1.87. The maximum atomic E-state index is 12.4. The van der Waals surface area contributed by atoms with Gasteiger partial charge in [-0.1, -0.05) is 12.2 Å². The number of ether oxygens (including phenoxy) is 2. The largest absolute Gasteiger partial charge is 0.465 e. The van der Waals surface area contributed by atoms with Crippen molar-refractivity contribution in [2.75, 3.05) is 13.2 Å². The first-order chi connectivity index (χ1) is 9.96. The SMILES string of the molecule is CCOC(=O)C12CC=CCC1(C(=O)OCC)C(=O)C(=O)N2. The van der Waals surface area contributed by atoms with E-state index in [9.17, 15) is 19.2 Å². The summed E-state index contributed by atoms with van der Waals surface area (Å²) in [6.07, 6.45) is 3.20. The van der Waals surface area contributed by atoms with Gasteiger partial charge < -0.3 is 14.8 Å². The molecule has 0 aromatic heterocycles. The molecule has 114 valence electrons. The number of nitrogens with one attached hydrogen (secondary N) is 1. The number of carbonyl (C=O) groups excluding carboxylic acids is 4. The van der Waals surface area contributed by atoms with E-state index < -0.39 is 34.6 Å². The third-order valence-electron chi connectivity index (χ3n) is 3.91. The first-order valence-corrected chi connectivity index (χ1v) is 6.82. The second-order valence-electron chi connectivity index (χ2n) is 4.91. The predicted octanol–water partition coefficient (Wildman–Crippen LogP) is -0.113. The summed E-state index contributed by atoms with van der Waals surface area (Å²) in [6.45, 7) is 3.32. The van der Waals surface area contributed by atoms with Gasteiger partial charge in [0.25, 0.3) is 5.91 Å². The van der Waals surface area contributed by atoms with E-state index in [2.05, 4.69) is 5.32 Å². The summed E-state index contributed by atoms with van der Waals surface area (Å²) in [7, 11) is 0. The van der Waals surface area contributed by atoms with E-state index in [-0.39, 0.29) is 26.1 Å². The van der Waals surface area contributed by atoms with Crippen LogP contribution in [0.25, 0.3) is 0 Å². The van der Waals surface area contributed by atoms with Crippen LogP contribution in [0.4, 0.5) is 0 Å². The van der Waals surface area contributed by atoms with Crippen molar-refractivity contribution in [2.24, 2.45) is 5.41 Å². The number of esters is 2. The molecular weight excluding hydrogens is 278 g/mol. The average molecular weight is 295 g/mol. The second kappa shape index (κ2) is 5.31. The molecule has 21 heavy (non-hydrogen) atoms. The normalized spacial score (nSPS) is 30.6.